The molecule has 3 aromatic heterocycles. The van der Waals surface area contributed by atoms with Crippen molar-refractivity contribution in [2.75, 3.05) is 5.32 Å². The summed E-state index contributed by atoms with van der Waals surface area (Å²) in [5, 5.41) is 9.30. The average Bonchev–Trinajstić information content (AvgIpc) is 3.37. The Balaban J connectivity index is 1.39. The highest BCUT2D eigenvalue weighted by Crippen LogP contribution is 2.22. The number of anilines is 1. The van der Waals surface area contributed by atoms with Crippen LogP contribution in [0, 0.1) is 0 Å². The smallest absolute Gasteiger partial charge is 0.246 e. The van der Waals surface area contributed by atoms with Gasteiger partial charge in [-0.15, -0.1) is 11.3 Å². The van der Waals surface area contributed by atoms with Gasteiger partial charge in [0.1, 0.15) is 12.2 Å². The van der Waals surface area contributed by atoms with Gasteiger partial charge in [-0.2, -0.15) is 5.10 Å². The normalized spacial score (nSPS) is 10.7. The van der Waals surface area contributed by atoms with E-state index in [1.165, 1.54) is 6.39 Å². The van der Waals surface area contributed by atoms with Crippen LogP contribution >= 0.6 is 11.3 Å². The Bertz CT molecular complexity index is 957. The number of hydrogen-bond donors (Lipinski definition) is 1. The second-order valence-corrected chi connectivity index (χ2v) is 6.31. The molecule has 124 valence electrons. The molecule has 1 N–H and O–H groups in total. The predicted molar refractivity (Wildman–Crippen MR) is 96.1 cm³/mol. The van der Waals surface area contributed by atoms with Crippen LogP contribution in [0.5, 0.6) is 0 Å². The van der Waals surface area contributed by atoms with Crippen molar-refractivity contribution in [2.24, 2.45) is 0 Å². The number of hydrogen-bond acceptors (Lipinski definition) is 5. The molecule has 0 fully saturated rings. The molecule has 3 heterocycles. The number of rotatable bonds is 5. The molecule has 1 amide bonds. The maximum atomic E-state index is 12.2. The first-order chi connectivity index (χ1) is 12.3. The van der Waals surface area contributed by atoms with Crippen molar-refractivity contribution >= 4 is 22.9 Å². The van der Waals surface area contributed by atoms with Crippen LogP contribution in [0.2, 0.25) is 0 Å². The van der Waals surface area contributed by atoms with Crippen molar-refractivity contribution in [1.82, 2.24) is 14.8 Å². The topological polar surface area (TPSA) is 73.0 Å². The van der Waals surface area contributed by atoms with E-state index in [4.69, 9.17) is 4.42 Å². The summed E-state index contributed by atoms with van der Waals surface area (Å²) in [6.07, 6.45) is 4.84. The van der Waals surface area contributed by atoms with E-state index in [0.29, 0.717) is 5.76 Å². The van der Waals surface area contributed by atoms with Gasteiger partial charge in [-0.1, -0.05) is 6.07 Å². The lowest BCUT2D eigenvalue weighted by Gasteiger charge is -2.06. The number of amides is 1. The van der Waals surface area contributed by atoms with Crippen LogP contribution < -0.4 is 5.32 Å². The van der Waals surface area contributed by atoms with E-state index in [9.17, 15) is 4.79 Å². The summed E-state index contributed by atoms with van der Waals surface area (Å²) in [4.78, 5) is 17.2. The van der Waals surface area contributed by atoms with Gasteiger partial charge in [0.05, 0.1) is 11.1 Å². The van der Waals surface area contributed by atoms with Gasteiger partial charge in [-0.3, -0.25) is 9.48 Å². The summed E-state index contributed by atoms with van der Waals surface area (Å²) in [5.74, 6) is 0.559. The minimum atomic E-state index is -0.131. The zero-order chi connectivity index (χ0) is 17.1. The van der Waals surface area contributed by atoms with Gasteiger partial charge in [-0.25, -0.2) is 4.98 Å². The standard InChI is InChI=1S/C18H14N4O2S/c23-18(11-22-8-7-15(21-22)17-2-1-9-25-17)20-14-5-3-13(4-6-14)16-10-19-12-24-16/h1-10,12H,11H2,(H,20,23). The molecule has 0 aliphatic carbocycles. The zero-order valence-corrected chi connectivity index (χ0v) is 13.9. The molecule has 6 nitrogen and oxygen atoms in total. The fourth-order valence-electron chi connectivity index (χ4n) is 2.43. The first kappa shape index (κ1) is 15.3. The van der Waals surface area contributed by atoms with Gasteiger partial charge in [0, 0.05) is 17.4 Å². The van der Waals surface area contributed by atoms with Gasteiger partial charge >= 0.3 is 0 Å². The number of oxazole rings is 1. The van der Waals surface area contributed by atoms with E-state index < -0.39 is 0 Å². The molecule has 0 aliphatic rings. The Morgan fingerprint density at radius 2 is 2.08 bits per heavy atom. The van der Waals surface area contributed by atoms with Crippen molar-refractivity contribution in [3.63, 3.8) is 0 Å². The third-order valence-corrected chi connectivity index (χ3v) is 4.50. The Morgan fingerprint density at radius 3 is 2.80 bits per heavy atom. The number of carbonyl (C=O) groups is 1. The van der Waals surface area contributed by atoms with Gasteiger partial charge in [0.25, 0.3) is 0 Å². The molecule has 0 spiro atoms. The van der Waals surface area contributed by atoms with Gasteiger partial charge in [0.2, 0.25) is 5.91 Å². The molecule has 25 heavy (non-hydrogen) atoms. The maximum Gasteiger partial charge on any atom is 0.246 e. The van der Waals surface area contributed by atoms with Crippen LogP contribution in [0.1, 0.15) is 0 Å². The lowest BCUT2D eigenvalue weighted by atomic mass is 10.2. The molecule has 7 heteroatoms. The third-order valence-electron chi connectivity index (χ3n) is 3.61. The van der Waals surface area contributed by atoms with E-state index in [0.717, 1.165) is 21.8 Å². The molecule has 0 aliphatic heterocycles. The molecule has 0 atom stereocenters. The van der Waals surface area contributed by atoms with Crippen molar-refractivity contribution in [2.45, 2.75) is 6.54 Å². The van der Waals surface area contributed by atoms with Crippen LogP contribution in [0.3, 0.4) is 0 Å². The summed E-state index contributed by atoms with van der Waals surface area (Å²) in [7, 11) is 0. The average molecular weight is 350 g/mol. The van der Waals surface area contributed by atoms with Crippen LogP contribution in [-0.2, 0) is 11.3 Å². The van der Waals surface area contributed by atoms with Crippen LogP contribution in [0.4, 0.5) is 5.69 Å². The molecule has 0 saturated carbocycles. The van der Waals surface area contributed by atoms with E-state index in [1.54, 1.807) is 22.2 Å². The second kappa shape index (κ2) is 6.74. The molecule has 4 rings (SSSR count). The van der Waals surface area contributed by atoms with Crippen molar-refractivity contribution in [1.29, 1.82) is 0 Å². The molecule has 1 aromatic carbocycles. The Morgan fingerprint density at radius 1 is 1.20 bits per heavy atom. The minimum absolute atomic E-state index is 0.131. The van der Waals surface area contributed by atoms with E-state index in [2.05, 4.69) is 15.4 Å². The number of nitrogens with zero attached hydrogens (tertiary/aromatic N) is 3. The fraction of sp³-hybridized carbons (Fsp3) is 0.0556. The number of thiophene rings is 1. The number of nitrogens with one attached hydrogen (secondary N) is 1. The quantitative estimate of drug-likeness (QED) is 0.592. The van der Waals surface area contributed by atoms with Gasteiger partial charge < -0.3 is 9.73 Å². The minimum Gasteiger partial charge on any atom is -0.444 e. The largest absolute Gasteiger partial charge is 0.444 e. The fourth-order valence-corrected chi connectivity index (χ4v) is 3.12. The summed E-state index contributed by atoms with van der Waals surface area (Å²) in [5.41, 5.74) is 2.50. The van der Waals surface area contributed by atoms with Crippen molar-refractivity contribution in [3.05, 3.63) is 66.6 Å². The number of aromatic nitrogens is 3. The Kier molecular flexibility index (Phi) is 4.14. The summed E-state index contributed by atoms with van der Waals surface area (Å²) >= 11 is 1.62. The second-order valence-electron chi connectivity index (χ2n) is 5.37. The molecular weight excluding hydrogens is 336 g/mol. The highest BCUT2D eigenvalue weighted by Gasteiger charge is 2.08. The Labute approximate surface area is 147 Å². The van der Waals surface area contributed by atoms with Gasteiger partial charge in [-0.05, 0) is 41.8 Å². The Hall–Kier alpha value is -3.19. The van der Waals surface area contributed by atoms with Crippen molar-refractivity contribution < 1.29 is 9.21 Å². The molecule has 4 aromatic rings. The molecule has 0 radical (unpaired) electrons. The monoisotopic (exact) mass is 350 g/mol. The molecule has 0 unspecified atom stereocenters. The van der Waals surface area contributed by atoms with Crippen LogP contribution in [-0.4, -0.2) is 20.7 Å². The first-order valence-corrected chi connectivity index (χ1v) is 8.52. The molecule has 0 bridgehead atoms. The van der Waals surface area contributed by atoms with Crippen molar-refractivity contribution in [3.8, 4) is 21.9 Å². The highest BCUT2D eigenvalue weighted by molar-refractivity contribution is 7.13. The maximum absolute atomic E-state index is 12.2. The summed E-state index contributed by atoms with van der Waals surface area (Å²) in [6, 6.07) is 13.3. The summed E-state index contributed by atoms with van der Waals surface area (Å²) in [6.45, 7) is 0.162. The van der Waals surface area contributed by atoms with E-state index in [-0.39, 0.29) is 12.5 Å². The SMILES string of the molecule is O=C(Cn1ccc(-c2cccs2)n1)Nc1ccc(-c2cnco2)cc1. The van der Waals surface area contributed by atoms with Crippen LogP contribution in [0.25, 0.3) is 21.9 Å². The van der Waals surface area contributed by atoms with Crippen LogP contribution in [0.15, 0.2) is 71.0 Å². The number of carbonyl (C=O) groups excluding carboxylic acids is 1. The number of benzene rings is 1. The predicted octanol–water partition coefficient (Wildman–Crippen LogP) is 3.91. The molecular formula is C18H14N4O2S. The van der Waals surface area contributed by atoms with E-state index >= 15 is 0 Å². The molecule has 0 saturated heterocycles. The summed E-state index contributed by atoms with van der Waals surface area (Å²) < 4.78 is 6.88. The zero-order valence-electron chi connectivity index (χ0n) is 13.1. The third kappa shape index (κ3) is 3.51. The highest BCUT2D eigenvalue weighted by atomic mass is 32.1. The lowest BCUT2D eigenvalue weighted by Crippen LogP contribution is -2.19. The van der Waals surface area contributed by atoms with Gasteiger partial charge in [0.15, 0.2) is 12.2 Å². The van der Waals surface area contributed by atoms with E-state index in [1.807, 2.05) is 54.0 Å². The lowest BCUT2D eigenvalue weighted by molar-refractivity contribution is -0.116. The first-order valence-electron chi connectivity index (χ1n) is 7.64.